The molecule has 1 aromatic carbocycles. The molecule has 11 nitrogen and oxygen atoms in total. The van der Waals surface area contributed by atoms with Crippen LogP contribution in [0.4, 0.5) is 14.9 Å². The van der Waals surface area contributed by atoms with Crippen LogP contribution < -0.4 is 10.6 Å². The van der Waals surface area contributed by atoms with Gasteiger partial charge in [-0.25, -0.2) is 14.0 Å². The second-order valence-electron chi connectivity index (χ2n) is 16.5. The lowest BCUT2D eigenvalue weighted by Crippen LogP contribution is -2.50. The number of halogens is 1. The molecular formula is C40H57FN4O7. The van der Waals surface area contributed by atoms with E-state index in [4.69, 9.17) is 14.2 Å². The van der Waals surface area contributed by atoms with Crippen molar-refractivity contribution in [3.63, 3.8) is 0 Å². The lowest BCUT2D eigenvalue weighted by Gasteiger charge is -2.37. The molecular weight excluding hydrogens is 667 g/mol. The number of nitrogens with one attached hydrogen (secondary N) is 3. The van der Waals surface area contributed by atoms with Gasteiger partial charge in [-0.1, -0.05) is 32.1 Å². The SMILES string of the molecule is CC(C)(C)OC(=O)N[C@H](CF)C1CCC(C(=O)N2CC[C@@H](C3CCCCC3)[C@H]2C(=O)Nc2ccc3[nH]c(C(=O)OCC4CCOCC4)cc3c2)CC1. The first-order chi connectivity index (χ1) is 25.0. The molecule has 4 fully saturated rings. The van der Waals surface area contributed by atoms with E-state index in [0.29, 0.717) is 75.3 Å². The molecule has 2 aliphatic carbocycles. The molecule has 3 N–H and O–H groups in total. The zero-order valence-electron chi connectivity index (χ0n) is 31.1. The van der Waals surface area contributed by atoms with Crippen LogP contribution in [0.15, 0.2) is 24.3 Å². The van der Waals surface area contributed by atoms with E-state index in [9.17, 15) is 23.6 Å². The highest BCUT2D eigenvalue weighted by atomic mass is 19.1. The lowest BCUT2D eigenvalue weighted by molar-refractivity contribution is -0.142. The van der Waals surface area contributed by atoms with E-state index in [1.165, 1.54) is 6.42 Å². The maximum Gasteiger partial charge on any atom is 0.407 e. The molecule has 0 radical (unpaired) electrons. The number of benzene rings is 1. The minimum Gasteiger partial charge on any atom is -0.461 e. The predicted molar refractivity (Wildman–Crippen MR) is 196 cm³/mol. The van der Waals surface area contributed by atoms with Gasteiger partial charge in [0.05, 0.1) is 12.6 Å². The average Bonchev–Trinajstić information content (AvgIpc) is 3.78. The number of alkyl carbamates (subject to hydrolysis) is 1. The van der Waals surface area contributed by atoms with Gasteiger partial charge in [-0.05, 0) is 114 Å². The Morgan fingerprint density at radius 2 is 1.69 bits per heavy atom. The first kappa shape index (κ1) is 38.1. The Morgan fingerprint density at radius 3 is 2.38 bits per heavy atom. The Kier molecular flexibility index (Phi) is 12.4. The molecule has 3 atom stereocenters. The number of amides is 3. The highest BCUT2D eigenvalue weighted by Crippen LogP contribution is 2.41. The van der Waals surface area contributed by atoms with Crippen LogP contribution in [0.1, 0.15) is 108 Å². The number of hydrogen-bond donors (Lipinski definition) is 3. The molecule has 2 aliphatic heterocycles. The molecule has 2 aromatic rings. The van der Waals surface area contributed by atoms with Gasteiger partial charge >= 0.3 is 12.1 Å². The number of H-pyrrole nitrogens is 1. The van der Waals surface area contributed by atoms with Crippen molar-refractivity contribution in [3.05, 3.63) is 30.0 Å². The molecule has 4 aliphatic rings. The number of ether oxygens (including phenoxy) is 3. The third-order valence-electron chi connectivity index (χ3n) is 11.7. The molecule has 2 saturated carbocycles. The number of alkyl halides is 1. The van der Waals surface area contributed by atoms with Gasteiger partial charge in [-0.2, -0.15) is 0 Å². The fourth-order valence-electron chi connectivity index (χ4n) is 8.92. The van der Waals surface area contributed by atoms with Gasteiger partial charge < -0.3 is 34.7 Å². The van der Waals surface area contributed by atoms with Crippen molar-refractivity contribution in [1.82, 2.24) is 15.2 Å². The summed E-state index contributed by atoms with van der Waals surface area (Å²) < 4.78 is 30.4. The molecule has 3 heterocycles. The van der Waals surface area contributed by atoms with Crippen molar-refractivity contribution >= 4 is 40.5 Å². The summed E-state index contributed by atoms with van der Waals surface area (Å²) in [5.74, 6) is -0.144. The Labute approximate surface area is 306 Å². The van der Waals surface area contributed by atoms with Gasteiger partial charge in [0.2, 0.25) is 11.8 Å². The van der Waals surface area contributed by atoms with Crippen molar-refractivity contribution in [2.24, 2.45) is 29.6 Å². The molecule has 12 heteroatoms. The highest BCUT2D eigenvalue weighted by molar-refractivity contribution is 6.01. The number of esters is 1. The molecule has 0 unspecified atom stereocenters. The third kappa shape index (κ3) is 9.46. The van der Waals surface area contributed by atoms with E-state index in [2.05, 4.69) is 15.6 Å². The number of aromatic amines is 1. The second-order valence-corrected chi connectivity index (χ2v) is 16.5. The van der Waals surface area contributed by atoms with Crippen LogP contribution in [0.5, 0.6) is 0 Å². The number of anilines is 1. The molecule has 0 bridgehead atoms. The summed E-state index contributed by atoms with van der Waals surface area (Å²) in [6.45, 7) is 6.90. The molecule has 6 rings (SSSR count). The molecule has 3 amide bonds. The van der Waals surface area contributed by atoms with Gasteiger partial charge in [-0.3, -0.25) is 9.59 Å². The highest BCUT2D eigenvalue weighted by Gasteiger charge is 2.47. The standard InChI is InChI=1S/C40H57FN4O7/c1-40(2,3)52-39(49)44-34(23-41)27-9-11-28(12-10-27)37(47)45-18-15-31(26-7-5-4-6-8-26)35(45)36(46)42-30-13-14-32-29(21-30)22-33(43-32)38(48)51-24-25-16-19-50-20-17-25/h13-14,21-22,25-28,31,34-35,43H,4-12,15-20,23-24H2,1-3H3,(H,42,46)(H,44,49)/t27?,28?,31-,34+,35-/m0/s1. The fraction of sp³-hybridized carbons (Fsp3) is 0.700. The van der Waals surface area contributed by atoms with Crippen molar-refractivity contribution in [1.29, 1.82) is 0 Å². The number of likely N-dealkylation sites (tertiary alicyclic amines) is 1. The summed E-state index contributed by atoms with van der Waals surface area (Å²) in [6, 6.07) is 6.03. The predicted octanol–water partition coefficient (Wildman–Crippen LogP) is 7.16. The van der Waals surface area contributed by atoms with Crippen LogP contribution in [0.3, 0.4) is 0 Å². The Hall–Kier alpha value is -3.67. The normalized spacial score (nSPS) is 25.4. The largest absolute Gasteiger partial charge is 0.461 e. The van der Waals surface area contributed by atoms with Gasteiger partial charge in [0, 0.05) is 42.3 Å². The van der Waals surface area contributed by atoms with Crippen molar-refractivity contribution < 1.29 is 37.8 Å². The summed E-state index contributed by atoms with van der Waals surface area (Å²) in [4.78, 5) is 58.6. The number of rotatable bonds is 10. The van der Waals surface area contributed by atoms with Gasteiger partial charge in [-0.15, -0.1) is 0 Å². The molecule has 2 saturated heterocycles. The van der Waals surface area contributed by atoms with E-state index in [1.54, 1.807) is 26.8 Å². The summed E-state index contributed by atoms with van der Waals surface area (Å²) in [5.41, 5.74) is 1.06. The van der Waals surface area contributed by atoms with E-state index in [0.717, 1.165) is 55.8 Å². The van der Waals surface area contributed by atoms with Crippen molar-refractivity contribution in [3.8, 4) is 0 Å². The number of carbonyl (C=O) groups is 4. The maximum atomic E-state index is 14.2. The fourth-order valence-corrected chi connectivity index (χ4v) is 8.92. The quantitative estimate of drug-likeness (QED) is 0.221. The molecule has 52 heavy (non-hydrogen) atoms. The first-order valence-electron chi connectivity index (χ1n) is 19.5. The van der Waals surface area contributed by atoms with Gasteiger partial charge in [0.1, 0.15) is 24.0 Å². The molecule has 0 spiro atoms. The minimum absolute atomic E-state index is 0.00111. The maximum absolute atomic E-state index is 14.2. The molecule has 286 valence electrons. The van der Waals surface area contributed by atoms with Crippen LogP contribution in [0.2, 0.25) is 0 Å². The van der Waals surface area contributed by atoms with E-state index >= 15 is 0 Å². The number of nitrogens with zero attached hydrogens (tertiary/aromatic N) is 1. The van der Waals surface area contributed by atoms with E-state index in [-0.39, 0.29) is 29.6 Å². The topological polar surface area (TPSA) is 139 Å². The average molecular weight is 725 g/mol. The number of aromatic nitrogens is 1. The Bertz CT molecular complexity index is 1550. The lowest BCUT2D eigenvalue weighted by atomic mass is 9.76. The minimum atomic E-state index is -0.698. The molecule has 1 aromatic heterocycles. The van der Waals surface area contributed by atoms with Crippen LogP contribution >= 0.6 is 0 Å². The summed E-state index contributed by atoms with van der Waals surface area (Å²) in [5, 5.41) is 6.62. The zero-order chi connectivity index (χ0) is 36.8. The zero-order valence-corrected chi connectivity index (χ0v) is 31.1. The number of carbonyl (C=O) groups excluding carboxylic acids is 4. The smallest absolute Gasteiger partial charge is 0.407 e. The van der Waals surface area contributed by atoms with Gasteiger partial charge in [0.25, 0.3) is 0 Å². The van der Waals surface area contributed by atoms with Crippen LogP contribution in [0.25, 0.3) is 10.9 Å². The van der Waals surface area contributed by atoms with Crippen LogP contribution in [-0.4, -0.2) is 84.5 Å². The second kappa shape index (κ2) is 17.0. The van der Waals surface area contributed by atoms with Crippen molar-refractivity contribution in [2.75, 3.05) is 38.4 Å². The van der Waals surface area contributed by atoms with Crippen LogP contribution in [-0.2, 0) is 23.8 Å². The summed E-state index contributed by atoms with van der Waals surface area (Å²) in [7, 11) is 0. The van der Waals surface area contributed by atoms with Crippen LogP contribution in [0, 0.1) is 29.6 Å². The van der Waals surface area contributed by atoms with E-state index in [1.807, 2.05) is 23.1 Å². The Balaban J connectivity index is 1.10. The summed E-state index contributed by atoms with van der Waals surface area (Å²) >= 11 is 0. The van der Waals surface area contributed by atoms with Gasteiger partial charge in [0.15, 0.2) is 0 Å². The Morgan fingerprint density at radius 1 is 0.962 bits per heavy atom. The third-order valence-corrected chi connectivity index (χ3v) is 11.7. The first-order valence-corrected chi connectivity index (χ1v) is 19.5. The number of fused-ring (bicyclic) bond motifs is 1. The van der Waals surface area contributed by atoms with Crippen molar-refractivity contribution in [2.45, 2.75) is 116 Å². The monoisotopic (exact) mass is 724 g/mol. The van der Waals surface area contributed by atoms with E-state index < -0.39 is 36.4 Å². The number of hydrogen-bond acceptors (Lipinski definition) is 7. The summed E-state index contributed by atoms with van der Waals surface area (Å²) in [6.07, 6.45) is 9.94.